The van der Waals surface area contributed by atoms with Gasteiger partial charge < -0.3 is 39.0 Å². The molecule has 2 aromatic heterocycles. The molecule has 2 aromatic carbocycles. The summed E-state index contributed by atoms with van der Waals surface area (Å²) in [5.74, 6) is 1.05. The summed E-state index contributed by atoms with van der Waals surface area (Å²) in [4.78, 5) is 36.9. The number of aliphatic hydroxyl groups excluding tert-OH is 2. The van der Waals surface area contributed by atoms with Crippen LogP contribution in [0.5, 0.6) is 0 Å². The van der Waals surface area contributed by atoms with Gasteiger partial charge in [-0.3, -0.25) is 9.59 Å². The van der Waals surface area contributed by atoms with Gasteiger partial charge in [0.2, 0.25) is 0 Å². The number of benzene rings is 2. The van der Waals surface area contributed by atoms with Crippen LogP contribution in [0.1, 0.15) is 37.3 Å². The van der Waals surface area contributed by atoms with Gasteiger partial charge in [-0.25, -0.2) is 9.97 Å². The van der Waals surface area contributed by atoms with Crippen LogP contribution in [0.3, 0.4) is 0 Å². The predicted molar refractivity (Wildman–Crippen MR) is 175 cm³/mol. The van der Waals surface area contributed by atoms with Crippen LogP contribution in [0, 0.1) is 0 Å². The number of esters is 1. The van der Waals surface area contributed by atoms with E-state index >= 15 is 0 Å². The summed E-state index contributed by atoms with van der Waals surface area (Å²) >= 11 is 5.94. The van der Waals surface area contributed by atoms with E-state index in [2.05, 4.69) is 0 Å². The topological polar surface area (TPSA) is 146 Å². The standard InChI is InChI=1S/C32H43ClN6O6/c1-36-28-12-10-24(22-26(28)34-29(36)5-3-7-31(42)43)39(16-19-41)17-20-45-32(44)8-4-6-30-35-25-21-23(9-11-27(25)37(30)2)38(14-13-33)15-18-40/h9-12,21-22,40-41H,3-8,13-20H2,1-2H3,(H,42,43). The molecular formula is C32H43ClN6O6. The number of hydrogen-bond acceptors (Lipinski definition) is 9. The van der Waals surface area contributed by atoms with E-state index in [1.54, 1.807) is 0 Å². The molecule has 0 aliphatic heterocycles. The van der Waals surface area contributed by atoms with Crippen molar-refractivity contribution in [2.24, 2.45) is 14.1 Å². The normalized spacial score (nSPS) is 11.4. The van der Waals surface area contributed by atoms with Crippen LogP contribution in [-0.2, 0) is 41.3 Å². The van der Waals surface area contributed by atoms with Crippen molar-refractivity contribution in [3.05, 3.63) is 48.0 Å². The molecule has 0 unspecified atom stereocenters. The molecule has 45 heavy (non-hydrogen) atoms. The number of carbonyl (C=O) groups is 2. The first-order valence-corrected chi connectivity index (χ1v) is 15.8. The first-order valence-electron chi connectivity index (χ1n) is 15.3. The second-order valence-corrected chi connectivity index (χ2v) is 11.3. The van der Waals surface area contributed by atoms with Crippen molar-refractivity contribution in [1.29, 1.82) is 0 Å². The number of aliphatic carboxylic acids is 1. The second kappa shape index (κ2) is 16.4. The van der Waals surface area contributed by atoms with Gasteiger partial charge in [0.05, 0.1) is 41.8 Å². The molecule has 0 atom stereocenters. The molecule has 12 nitrogen and oxygen atoms in total. The number of nitrogens with zero attached hydrogens (tertiary/aromatic N) is 6. The lowest BCUT2D eigenvalue weighted by Gasteiger charge is -2.23. The Kier molecular flexibility index (Phi) is 12.4. The number of carbonyl (C=O) groups excluding carboxylic acids is 1. The summed E-state index contributed by atoms with van der Waals surface area (Å²) in [5, 5.41) is 28.0. The molecule has 2 heterocycles. The van der Waals surface area contributed by atoms with Gasteiger partial charge in [0.15, 0.2) is 0 Å². The first kappa shape index (κ1) is 34.0. The maximum atomic E-state index is 12.5. The Hall–Kier alpha value is -3.87. The van der Waals surface area contributed by atoms with Crippen molar-refractivity contribution < 1.29 is 29.6 Å². The lowest BCUT2D eigenvalue weighted by molar-refractivity contribution is -0.143. The average molecular weight is 643 g/mol. The zero-order valence-corrected chi connectivity index (χ0v) is 26.7. The minimum atomic E-state index is -0.821. The molecule has 0 saturated heterocycles. The Morgan fingerprint density at radius 2 is 1.31 bits per heavy atom. The molecule has 4 aromatic rings. The second-order valence-electron chi connectivity index (χ2n) is 11.0. The summed E-state index contributed by atoms with van der Waals surface area (Å²) < 4.78 is 9.54. The Bertz CT molecular complexity index is 1580. The number of carboxylic acids is 1. The zero-order chi connectivity index (χ0) is 32.3. The number of fused-ring (bicyclic) bond motifs is 2. The number of rotatable bonds is 19. The number of halogens is 1. The third-order valence-electron chi connectivity index (χ3n) is 7.94. The molecule has 0 radical (unpaired) electrons. The first-order chi connectivity index (χ1) is 21.7. The van der Waals surface area contributed by atoms with Crippen molar-refractivity contribution in [1.82, 2.24) is 19.1 Å². The molecule has 3 N–H and O–H groups in total. The molecule has 244 valence electrons. The zero-order valence-electron chi connectivity index (χ0n) is 26.0. The van der Waals surface area contributed by atoms with Gasteiger partial charge in [0.25, 0.3) is 0 Å². The van der Waals surface area contributed by atoms with Crippen LogP contribution < -0.4 is 9.80 Å². The van der Waals surface area contributed by atoms with E-state index in [0.29, 0.717) is 57.7 Å². The minimum Gasteiger partial charge on any atom is -0.481 e. The molecule has 0 spiro atoms. The molecule has 0 fully saturated rings. The van der Waals surface area contributed by atoms with Gasteiger partial charge in [0.1, 0.15) is 18.3 Å². The van der Waals surface area contributed by atoms with E-state index in [1.807, 2.05) is 69.4 Å². The Balaban J connectivity index is 1.29. The van der Waals surface area contributed by atoms with E-state index in [1.165, 1.54) is 0 Å². The summed E-state index contributed by atoms with van der Waals surface area (Å²) in [6, 6.07) is 11.9. The van der Waals surface area contributed by atoms with Gasteiger partial charge in [-0.1, -0.05) is 0 Å². The summed E-state index contributed by atoms with van der Waals surface area (Å²) in [6.45, 7) is 2.08. The number of aliphatic hydroxyl groups is 2. The van der Waals surface area contributed by atoms with Gasteiger partial charge in [-0.15, -0.1) is 11.6 Å². The van der Waals surface area contributed by atoms with Crippen molar-refractivity contribution >= 4 is 57.0 Å². The predicted octanol–water partition coefficient (Wildman–Crippen LogP) is 3.27. The van der Waals surface area contributed by atoms with Crippen molar-refractivity contribution in [2.45, 2.75) is 38.5 Å². The summed E-state index contributed by atoms with van der Waals surface area (Å²) in [6.07, 6.45) is 2.66. The number of hydrogen-bond donors (Lipinski definition) is 3. The van der Waals surface area contributed by atoms with Crippen LogP contribution in [0.4, 0.5) is 11.4 Å². The maximum Gasteiger partial charge on any atom is 0.305 e. The monoisotopic (exact) mass is 642 g/mol. The lowest BCUT2D eigenvalue weighted by Crippen LogP contribution is -2.31. The average Bonchev–Trinajstić information content (AvgIpc) is 3.50. The van der Waals surface area contributed by atoms with E-state index in [0.717, 1.165) is 45.1 Å². The largest absolute Gasteiger partial charge is 0.481 e. The van der Waals surface area contributed by atoms with E-state index in [9.17, 15) is 19.8 Å². The van der Waals surface area contributed by atoms with Crippen LogP contribution in [-0.4, -0.2) is 98.2 Å². The molecule has 0 amide bonds. The molecule has 0 bridgehead atoms. The fraction of sp³-hybridized carbons (Fsp3) is 0.500. The van der Waals surface area contributed by atoms with Crippen molar-refractivity contribution in [3.8, 4) is 0 Å². The molecule has 13 heteroatoms. The number of aryl methyl sites for hydroxylation is 4. The third-order valence-corrected chi connectivity index (χ3v) is 8.10. The molecule has 0 aliphatic carbocycles. The van der Waals surface area contributed by atoms with Crippen LogP contribution in [0.25, 0.3) is 22.1 Å². The van der Waals surface area contributed by atoms with Gasteiger partial charge in [-0.2, -0.15) is 0 Å². The Morgan fingerprint density at radius 3 is 1.80 bits per heavy atom. The fourth-order valence-electron chi connectivity index (χ4n) is 5.53. The fourth-order valence-corrected chi connectivity index (χ4v) is 5.73. The van der Waals surface area contributed by atoms with Crippen LogP contribution in [0.15, 0.2) is 36.4 Å². The highest BCUT2D eigenvalue weighted by atomic mass is 35.5. The number of ether oxygens (including phenoxy) is 1. The number of aromatic nitrogens is 4. The van der Waals surface area contributed by atoms with Gasteiger partial charge in [-0.05, 0) is 49.2 Å². The van der Waals surface area contributed by atoms with Gasteiger partial charge >= 0.3 is 11.9 Å². The summed E-state index contributed by atoms with van der Waals surface area (Å²) in [5.41, 5.74) is 5.39. The van der Waals surface area contributed by atoms with E-state index < -0.39 is 5.97 Å². The minimum absolute atomic E-state index is 0.0401. The summed E-state index contributed by atoms with van der Waals surface area (Å²) in [7, 11) is 3.88. The highest BCUT2D eigenvalue weighted by Crippen LogP contribution is 2.25. The van der Waals surface area contributed by atoms with Gasteiger partial charge in [0, 0.05) is 76.7 Å². The van der Waals surface area contributed by atoms with Crippen LogP contribution in [0.2, 0.25) is 0 Å². The molecule has 4 rings (SSSR count). The highest BCUT2D eigenvalue weighted by Gasteiger charge is 2.15. The van der Waals surface area contributed by atoms with E-state index in [-0.39, 0.29) is 38.6 Å². The van der Waals surface area contributed by atoms with Crippen molar-refractivity contribution in [3.63, 3.8) is 0 Å². The molecular weight excluding hydrogens is 600 g/mol. The number of alkyl halides is 1. The number of carboxylic acid groups (broad SMARTS) is 1. The SMILES string of the molecule is Cn1c(CCCC(=O)O)nc2cc(N(CCO)CCOC(=O)CCCc3nc4cc(N(CCO)CCCl)ccc4n3C)ccc21. The molecule has 0 aliphatic rings. The quantitative estimate of drug-likeness (QED) is 0.103. The highest BCUT2D eigenvalue weighted by molar-refractivity contribution is 6.18. The lowest BCUT2D eigenvalue weighted by atomic mass is 10.2. The van der Waals surface area contributed by atoms with E-state index in [4.69, 9.17) is 31.4 Å². The van der Waals surface area contributed by atoms with Crippen molar-refractivity contribution in [2.75, 3.05) is 61.7 Å². The Morgan fingerprint density at radius 1 is 0.800 bits per heavy atom. The van der Waals surface area contributed by atoms with Crippen LogP contribution >= 0.6 is 11.6 Å². The maximum absolute atomic E-state index is 12.5. The Labute approximate surface area is 267 Å². The molecule has 0 saturated carbocycles. The smallest absolute Gasteiger partial charge is 0.305 e. The third kappa shape index (κ3) is 8.86. The number of imidazole rings is 2. The number of anilines is 2.